The second-order valence-corrected chi connectivity index (χ2v) is 2.16. The number of hydrogen-bond acceptors (Lipinski definition) is 1. The molecule has 1 rings (SSSR count). The molecule has 0 unspecified atom stereocenters. The SMILES string of the molecule is OC/C(=C/F)c1ccccc1. The third-order valence-electron chi connectivity index (χ3n) is 1.45. The minimum absolute atomic E-state index is 0.263. The highest BCUT2D eigenvalue weighted by Gasteiger charge is 1.96. The molecule has 0 aliphatic heterocycles. The minimum Gasteiger partial charge on any atom is -0.392 e. The van der Waals surface area contributed by atoms with Crippen molar-refractivity contribution in [2.24, 2.45) is 0 Å². The molecule has 2 heteroatoms. The normalized spacial score (nSPS) is 11.6. The van der Waals surface area contributed by atoms with Crippen LogP contribution in [0, 0.1) is 0 Å². The molecule has 0 aliphatic rings. The molecule has 0 aromatic heterocycles. The Morgan fingerprint density at radius 1 is 1.36 bits per heavy atom. The van der Waals surface area contributed by atoms with Gasteiger partial charge in [0.2, 0.25) is 0 Å². The maximum atomic E-state index is 12.0. The van der Waals surface area contributed by atoms with Crippen molar-refractivity contribution in [3.63, 3.8) is 0 Å². The van der Waals surface area contributed by atoms with Crippen molar-refractivity contribution in [3.05, 3.63) is 42.2 Å². The van der Waals surface area contributed by atoms with Crippen LogP contribution in [0.15, 0.2) is 36.7 Å². The summed E-state index contributed by atoms with van der Waals surface area (Å²) < 4.78 is 12.0. The fraction of sp³-hybridized carbons (Fsp3) is 0.111. The van der Waals surface area contributed by atoms with Gasteiger partial charge in [0.25, 0.3) is 0 Å². The van der Waals surface area contributed by atoms with E-state index in [2.05, 4.69) is 0 Å². The van der Waals surface area contributed by atoms with Crippen LogP contribution in [-0.2, 0) is 0 Å². The van der Waals surface area contributed by atoms with Crippen LogP contribution in [0.2, 0.25) is 0 Å². The highest BCUT2D eigenvalue weighted by molar-refractivity contribution is 5.64. The van der Waals surface area contributed by atoms with Gasteiger partial charge in [0.15, 0.2) is 0 Å². The Morgan fingerprint density at radius 2 is 2.00 bits per heavy atom. The van der Waals surface area contributed by atoms with E-state index >= 15 is 0 Å². The number of aliphatic hydroxyl groups is 1. The van der Waals surface area contributed by atoms with E-state index < -0.39 is 0 Å². The van der Waals surface area contributed by atoms with E-state index in [9.17, 15) is 4.39 Å². The van der Waals surface area contributed by atoms with Crippen LogP contribution in [0.1, 0.15) is 5.56 Å². The van der Waals surface area contributed by atoms with Crippen LogP contribution in [-0.4, -0.2) is 11.7 Å². The molecule has 1 nitrogen and oxygen atoms in total. The molecule has 0 saturated carbocycles. The first-order valence-electron chi connectivity index (χ1n) is 3.34. The molecule has 0 heterocycles. The summed E-state index contributed by atoms with van der Waals surface area (Å²) in [6.45, 7) is -0.263. The molecule has 0 saturated heterocycles. The summed E-state index contributed by atoms with van der Waals surface area (Å²) in [5.41, 5.74) is 1.03. The van der Waals surface area contributed by atoms with Crippen LogP contribution < -0.4 is 0 Å². The van der Waals surface area contributed by atoms with Gasteiger partial charge in [0, 0.05) is 5.57 Å². The maximum Gasteiger partial charge on any atom is 0.0928 e. The number of hydrogen-bond donors (Lipinski definition) is 1. The van der Waals surface area contributed by atoms with Crippen LogP contribution in [0.5, 0.6) is 0 Å². The number of benzene rings is 1. The lowest BCUT2D eigenvalue weighted by molar-refractivity contribution is 0.348. The Bertz CT molecular complexity index is 241. The highest BCUT2D eigenvalue weighted by atomic mass is 19.1. The van der Waals surface area contributed by atoms with Crippen LogP contribution >= 0.6 is 0 Å². The van der Waals surface area contributed by atoms with Crippen LogP contribution in [0.4, 0.5) is 4.39 Å². The molecule has 0 bridgehead atoms. The Hall–Kier alpha value is -1.15. The fourth-order valence-corrected chi connectivity index (χ4v) is 0.841. The Balaban J connectivity index is 2.92. The number of halogens is 1. The third-order valence-corrected chi connectivity index (χ3v) is 1.45. The van der Waals surface area contributed by atoms with Gasteiger partial charge in [-0.25, -0.2) is 4.39 Å². The average molecular weight is 152 g/mol. The molecule has 1 aromatic carbocycles. The number of rotatable bonds is 2. The smallest absolute Gasteiger partial charge is 0.0928 e. The van der Waals surface area contributed by atoms with Gasteiger partial charge < -0.3 is 5.11 Å². The summed E-state index contributed by atoms with van der Waals surface area (Å²) >= 11 is 0. The zero-order valence-electron chi connectivity index (χ0n) is 6.00. The molecule has 0 aliphatic carbocycles. The van der Waals surface area contributed by atoms with Crippen molar-refractivity contribution in [1.82, 2.24) is 0 Å². The van der Waals surface area contributed by atoms with Gasteiger partial charge in [0.1, 0.15) is 0 Å². The van der Waals surface area contributed by atoms with Crippen molar-refractivity contribution in [2.45, 2.75) is 0 Å². The van der Waals surface area contributed by atoms with Crippen molar-refractivity contribution < 1.29 is 9.50 Å². The summed E-state index contributed by atoms with van der Waals surface area (Å²) in [7, 11) is 0. The predicted molar refractivity (Wildman–Crippen MR) is 42.6 cm³/mol. The van der Waals surface area contributed by atoms with Gasteiger partial charge in [-0.05, 0) is 5.56 Å². The van der Waals surface area contributed by atoms with Crippen LogP contribution in [0.3, 0.4) is 0 Å². The van der Waals surface area contributed by atoms with Gasteiger partial charge in [0.05, 0.1) is 12.9 Å². The first kappa shape index (κ1) is 7.95. The first-order chi connectivity index (χ1) is 5.38. The van der Waals surface area contributed by atoms with E-state index in [4.69, 9.17) is 5.11 Å². The van der Waals surface area contributed by atoms with Gasteiger partial charge in [-0.2, -0.15) is 0 Å². The van der Waals surface area contributed by atoms with Crippen molar-refractivity contribution >= 4 is 5.57 Å². The first-order valence-corrected chi connectivity index (χ1v) is 3.34. The van der Waals surface area contributed by atoms with Gasteiger partial charge in [-0.1, -0.05) is 30.3 Å². The summed E-state index contributed by atoms with van der Waals surface area (Å²) in [6.07, 6.45) is 0.426. The second kappa shape index (κ2) is 3.88. The zero-order valence-corrected chi connectivity index (χ0v) is 6.00. The van der Waals surface area contributed by atoms with E-state index in [-0.39, 0.29) is 6.61 Å². The molecule has 58 valence electrons. The van der Waals surface area contributed by atoms with Gasteiger partial charge >= 0.3 is 0 Å². The van der Waals surface area contributed by atoms with Crippen molar-refractivity contribution in [3.8, 4) is 0 Å². The van der Waals surface area contributed by atoms with Gasteiger partial charge in [-0.15, -0.1) is 0 Å². The van der Waals surface area contributed by atoms with Gasteiger partial charge in [-0.3, -0.25) is 0 Å². The quantitative estimate of drug-likeness (QED) is 0.687. The lowest BCUT2D eigenvalue weighted by Gasteiger charge is -1.99. The minimum atomic E-state index is -0.263. The molecule has 11 heavy (non-hydrogen) atoms. The Labute approximate surface area is 64.8 Å². The van der Waals surface area contributed by atoms with E-state index in [1.165, 1.54) is 0 Å². The summed E-state index contributed by atoms with van der Waals surface area (Å²) in [6, 6.07) is 8.95. The molecular formula is C9H9FO. The molecule has 0 atom stereocenters. The van der Waals surface area contributed by atoms with Crippen LogP contribution in [0.25, 0.3) is 5.57 Å². The molecule has 0 spiro atoms. The molecule has 0 amide bonds. The van der Waals surface area contributed by atoms with E-state index in [1.54, 1.807) is 24.3 Å². The average Bonchev–Trinajstić information content (AvgIpc) is 2.09. The third kappa shape index (κ3) is 1.88. The summed E-state index contributed by atoms with van der Waals surface area (Å²) in [5.74, 6) is 0. The van der Waals surface area contributed by atoms with Crippen molar-refractivity contribution in [2.75, 3.05) is 6.61 Å². The summed E-state index contributed by atoms with van der Waals surface area (Å²) in [5, 5.41) is 8.67. The monoisotopic (exact) mass is 152 g/mol. The highest BCUT2D eigenvalue weighted by Crippen LogP contribution is 2.12. The van der Waals surface area contributed by atoms with E-state index in [1.807, 2.05) is 6.07 Å². The summed E-state index contributed by atoms with van der Waals surface area (Å²) in [4.78, 5) is 0. The lowest BCUT2D eigenvalue weighted by Crippen LogP contribution is -1.88. The molecule has 1 N–H and O–H groups in total. The van der Waals surface area contributed by atoms with E-state index in [0.29, 0.717) is 11.9 Å². The fourth-order valence-electron chi connectivity index (χ4n) is 0.841. The molecule has 1 aromatic rings. The zero-order chi connectivity index (χ0) is 8.10. The number of aliphatic hydroxyl groups excluding tert-OH is 1. The predicted octanol–water partition coefficient (Wildman–Crippen LogP) is 1.99. The maximum absolute atomic E-state index is 12.0. The Morgan fingerprint density at radius 3 is 2.45 bits per heavy atom. The molecule has 0 fully saturated rings. The lowest BCUT2D eigenvalue weighted by atomic mass is 10.1. The van der Waals surface area contributed by atoms with E-state index in [0.717, 1.165) is 5.56 Å². The molecular weight excluding hydrogens is 143 g/mol. The molecule has 0 radical (unpaired) electrons. The van der Waals surface area contributed by atoms with Crippen molar-refractivity contribution in [1.29, 1.82) is 0 Å². The largest absolute Gasteiger partial charge is 0.392 e. The standard InChI is InChI=1S/C9H9FO/c10-6-9(7-11)8-4-2-1-3-5-8/h1-6,11H,7H2/b9-6-. The Kier molecular flexibility index (Phi) is 2.81. The second-order valence-electron chi connectivity index (χ2n) is 2.16. The topological polar surface area (TPSA) is 20.2 Å².